The van der Waals surface area contributed by atoms with E-state index in [-0.39, 0.29) is 48.6 Å². The molecule has 1 amide bonds. The number of nitrogens with one attached hydrogen (secondary N) is 1. The number of rotatable bonds is 22. The van der Waals surface area contributed by atoms with Crippen molar-refractivity contribution in [2.24, 2.45) is 20.0 Å². The van der Waals surface area contributed by atoms with Gasteiger partial charge in [0.15, 0.2) is 0 Å². The van der Waals surface area contributed by atoms with Gasteiger partial charge in [0.05, 0.1) is 29.6 Å². The Bertz CT molecular complexity index is 1950. The van der Waals surface area contributed by atoms with Gasteiger partial charge in [-0.05, 0) is 74.8 Å². The summed E-state index contributed by atoms with van der Waals surface area (Å²) in [5, 5.41) is 12.3. The number of hydrogen-bond acceptors (Lipinski definition) is 11. The van der Waals surface area contributed by atoms with Crippen molar-refractivity contribution >= 4 is 52.8 Å². The number of anilines is 2. The van der Waals surface area contributed by atoms with Crippen LogP contribution in [-0.2, 0) is 38.4 Å². The van der Waals surface area contributed by atoms with Crippen molar-refractivity contribution < 1.29 is 55.0 Å². The molecule has 3 aromatic carbocycles. The monoisotopic (exact) mass is 819 g/mol. The standard InChI is InChI=1S/C32H47N5O12P2S2/c1-26-11-15-31(16-12-26)53(45,46)36-51(42,49-25-28(24-38)8-6-7-19-33)48-23-21-37(30-9-4-3-5-10-30)20-22-47-50(40,41)35-52(43,44)32-17-13-29(14-18-32)34-27(2)39/h3-5,9-18,28,38,40-42H,6-8,19-25,33H2,1-2H3,(H,34,39). The van der Waals surface area contributed by atoms with Gasteiger partial charge in [-0.15, -0.1) is 0 Å². The Morgan fingerprint density at radius 2 is 1.40 bits per heavy atom. The SMILES string of the molecule is CC(=O)Nc1ccc(S(=O)(=O)N=P(O)(O)OCCN(CCOP(O)(=NS(=O)(=O)c2ccc(C)cc2)OCC(CO)CCCCN)c2ccccc2)cc1. The highest BCUT2D eigenvalue weighted by atomic mass is 32.2. The first-order chi connectivity index (χ1) is 25.0. The van der Waals surface area contributed by atoms with Gasteiger partial charge in [-0.1, -0.05) is 50.6 Å². The zero-order valence-corrected chi connectivity index (χ0v) is 32.8. The molecular weight excluding hydrogens is 772 g/mol. The Balaban J connectivity index is 1.78. The summed E-state index contributed by atoms with van der Waals surface area (Å²) in [6, 6.07) is 19.4. The average Bonchev–Trinajstić information content (AvgIpc) is 3.09. The van der Waals surface area contributed by atoms with Gasteiger partial charge in [0.25, 0.3) is 20.0 Å². The van der Waals surface area contributed by atoms with Crippen molar-refractivity contribution in [3.8, 4) is 0 Å². The molecule has 0 aromatic heterocycles. The molecule has 7 N–H and O–H groups in total. The van der Waals surface area contributed by atoms with Gasteiger partial charge in [0.2, 0.25) is 5.91 Å². The van der Waals surface area contributed by atoms with Crippen LogP contribution in [0.2, 0.25) is 0 Å². The molecule has 3 rings (SSSR count). The molecule has 0 fully saturated rings. The minimum atomic E-state index is -4.81. The van der Waals surface area contributed by atoms with Crippen LogP contribution in [0.4, 0.5) is 11.4 Å². The van der Waals surface area contributed by atoms with Crippen LogP contribution >= 0.6 is 15.5 Å². The van der Waals surface area contributed by atoms with Crippen molar-refractivity contribution in [3.63, 3.8) is 0 Å². The Kier molecular flexibility index (Phi) is 17.2. The number of unbranched alkanes of at least 4 members (excludes halogenated alkanes) is 1. The Labute approximate surface area is 310 Å². The summed E-state index contributed by atoms with van der Waals surface area (Å²) < 4.78 is 75.3. The number of carbonyl (C=O) groups excluding carboxylic acids is 1. The molecule has 0 saturated carbocycles. The number of aliphatic hydroxyl groups excluding tert-OH is 1. The van der Waals surface area contributed by atoms with Crippen LogP contribution in [0, 0.1) is 12.8 Å². The smallest absolute Gasteiger partial charge is 0.368 e. The third-order valence-corrected chi connectivity index (χ3v) is 14.1. The highest BCUT2D eigenvalue weighted by Crippen LogP contribution is 2.50. The Morgan fingerprint density at radius 1 is 0.830 bits per heavy atom. The van der Waals surface area contributed by atoms with Crippen LogP contribution in [0.15, 0.2) is 97.0 Å². The maximum atomic E-state index is 13.2. The van der Waals surface area contributed by atoms with E-state index in [1.54, 1.807) is 54.3 Å². The van der Waals surface area contributed by atoms with Gasteiger partial charge in [-0.3, -0.25) is 4.79 Å². The van der Waals surface area contributed by atoms with E-state index in [2.05, 4.69) is 13.6 Å². The Morgan fingerprint density at radius 3 is 1.96 bits per heavy atom. The molecule has 2 atom stereocenters. The summed E-state index contributed by atoms with van der Waals surface area (Å²) in [4.78, 5) is 44.6. The van der Waals surface area contributed by atoms with E-state index in [0.29, 0.717) is 37.2 Å². The van der Waals surface area contributed by atoms with Crippen molar-refractivity contribution in [2.45, 2.75) is 42.9 Å². The van der Waals surface area contributed by atoms with Gasteiger partial charge in [-0.2, -0.15) is 16.8 Å². The lowest BCUT2D eigenvalue weighted by Crippen LogP contribution is -2.30. The number of benzene rings is 3. The second-order valence-corrected chi connectivity index (χ2v) is 18.7. The van der Waals surface area contributed by atoms with Crippen molar-refractivity contribution in [1.29, 1.82) is 0 Å². The number of aliphatic hydroxyl groups is 1. The third-order valence-electron chi connectivity index (χ3n) is 7.39. The lowest BCUT2D eigenvalue weighted by Gasteiger charge is -2.27. The maximum absolute atomic E-state index is 13.2. The first-order valence-electron chi connectivity index (χ1n) is 16.4. The molecule has 0 heterocycles. The van der Waals surface area contributed by atoms with Gasteiger partial charge in [0, 0.05) is 43.9 Å². The van der Waals surface area contributed by atoms with Crippen LogP contribution in [0.25, 0.3) is 0 Å². The van der Waals surface area contributed by atoms with Crippen LogP contribution < -0.4 is 16.0 Å². The van der Waals surface area contributed by atoms with Crippen molar-refractivity contribution in [1.82, 2.24) is 0 Å². The molecule has 0 aliphatic carbocycles. The zero-order chi connectivity index (χ0) is 39.1. The number of nitrogens with zero attached hydrogens (tertiary/aromatic N) is 3. The molecule has 21 heteroatoms. The van der Waals surface area contributed by atoms with Crippen molar-refractivity contribution in [2.75, 3.05) is 56.3 Å². The first-order valence-corrected chi connectivity index (χ1v) is 22.4. The normalized spacial score (nSPS) is 13.9. The zero-order valence-electron chi connectivity index (χ0n) is 29.3. The number of para-hydroxylation sites is 1. The minimum absolute atomic E-state index is 0.0303. The number of sulfonamides is 2. The lowest BCUT2D eigenvalue weighted by molar-refractivity contribution is -0.114. The van der Waals surface area contributed by atoms with Crippen LogP contribution in [0.3, 0.4) is 0 Å². The summed E-state index contributed by atoms with van der Waals surface area (Å²) >= 11 is 0. The highest BCUT2D eigenvalue weighted by Gasteiger charge is 2.28. The van der Waals surface area contributed by atoms with Gasteiger partial charge >= 0.3 is 15.5 Å². The topological polar surface area (TPSA) is 260 Å². The van der Waals surface area contributed by atoms with Gasteiger partial charge < -0.3 is 49.3 Å². The second-order valence-electron chi connectivity index (χ2n) is 11.8. The fraction of sp³-hybridized carbons (Fsp3) is 0.406. The van der Waals surface area contributed by atoms with Crippen LogP contribution in [0.1, 0.15) is 31.7 Å². The van der Waals surface area contributed by atoms with Crippen LogP contribution in [0.5, 0.6) is 0 Å². The molecule has 0 radical (unpaired) electrons. The molecule has 17 nitrogen and oxygen atoms in total. The number of hydrogen-bond donors (Lipinski definition) is 6. The summed E-state index contributed by atoms with van der Waals surface area (Å²) in [5.74, 6) is -0.817. The molecular formula is C32H47N5O12P2S2. The first kappa shape index (κ1) is 44.4. The number of amides is 1. The van der Waals surface area contributed by atoms with Crippen molar-refractivity contribution in [3.05, 3.63) is 84.4 Å². The fourth-order valence-electron chi connectivity index (χ4n) is 4.66. The second kappa shape index (κ2) is 20.6. The molecule has 0 saturated heterocycles. The maximum Gasteiger partial charge on any atom is 0.368 e. The number of aryl methyl sites for hydroxylation is 1. The summed E-state index contributed by atoms with van der Waals surface area (Å²) in [5.41, 5.74) is 7.29. The van der Waals surface area contributed by atoms with E-state index in [4.69, 9.17) is 19.3 Å². The predicted molar refractivity (Wildman–Crippen MR) is 202 cm³/mol. The summed E-state index contributed by atoms with van der Waals surface area (Å²) in [6.45, 7) is 2.10. The molecule has 0 spiro atoms. The average molecular weight is 820 g/mol. The third kappa shape index (κ3) is 15.3. The molecule has 0 bridgehead atoms. The minimum Gasteiger partial charge on any atom is -0.396 e. The Hall–Kier alpha value is -3.03. The van der Waals surface area contributed by atoms with E-state index in [0.717, 1.165) is 17.7 Å². The molecule has 0 aliphatic heterocycles. The van der Waals surface area contributed by atoms with Crippen LogP contribution in [-0.4, -0.2) is 88.6 Å². The van der Waals surface area contributed by atoms with E-state index in [1.807, 2.05) is 0 Å². The molecule has 53 heavy (non-hydrogen) atoms. The fourth-order valence-corrected chi connectivity index (χ4v) is 10.3. The largest absolute Gasteiger partial charge is 0.396 e. The summed E-state index contributed by atoms with van der Waals surface area (Å²) in [6.07, 6.45) is 1.87. The highest BCUT2D eigenvalue weighted by molar-refractivity contribution is 7.93. The lowest BCUT2D eigenvalue weighted by atomic mass is 10.0. The van der Waals surface area contributed by atoms with E-state index in [9.17, 15) is 41.4 Å². The number of carbonyl (C=O) groups is 1. The number of nitrogens with two attached hydrogens (primary N) is 1. The molecule has 2 unspecified atom stereocenters. The molecule has 0 aliphatic rings. The van der Waals surface area contributed by atoms with Gasteiger partial charge in [0.1, 0.15) is 0 Å². The van der Waals surface area contributed by atoms with E-state index >= 15 is 0 Å². The molecule has 3 aromatic rings. The van der Waals surface area contributed by atoms with E-state index < -0.39 is 48.0 Å². The summed E-state index contributed by atoms with van der Waals surface area (Å²) in [7, 11) is -18.3. The predicted octanol–water partition coefficient (Wildman–Crippen LogP) is 4.19. The van der Waals surface area contributed by atoms with Gasteiger partial charge in [-0.25, -0.2) is 0 Å². The van der Waals surface area contributed by atoms with E-state index in [1.165, 1.54) is 31.2 Å². The molecule has 294 valence electrons. The quantitative estimate of drug-likeness (QED) is 0.0614.